The predicted molar refractivity (Wildman–Crippen MR) is 56.6 cm³/mol. The molecule has 0 aliphatic heterocycles. The minimum Gasteiger partial charge on any atom is -0.264 e. The molecule has 112 valence electrons. The molecule has 0 N–H and O–H groups in total. The van der Waals surface area contributed by atoms with Gasteiger partial charge in [0.05, 0.1) is 11.1 Å². The van der Waals surface area contributed by atoms with Crippen LogP contribution in [0.3, 0.4) is 0 Å². The third-order valence-corrected chi connectivity index (χ3v) is 2.54. The third-order valence-electron chi connectivity index (χ3n) is 2.54. The number of hydrogen-bond donors (Lipinski definition) is 0. The molecule has 9 heteroatoms. The first kappa shape index (κ1) is 16.3. The van der Waals surface area contributed by atoms with Gasteiger partial charge in [0.25, 0.3) is 0 Å². The van der Waals surface area contributed by atoms with Gasteiger partial charge in [-0.25, -0.2) is 0 Å². The lowest BCUT2D eigenvalue weighted by molar-refractivity contribution is -0.517. The average Bonchev–Trinajstić information content (AvgIpc) is 2.26. The molecule has 0 aromatic heterocycles. The van der Waals surface area contributed by atoms with Crippen molar-refractivity contribution in [2.45, 2.75) is 31.7 Å². The molecule has 1 atom stereocenters. The van der Waals surface area contributed by atoms with Crippen LogP contribution in [-0.2, 0) is 18.8 Å². The summed E-state index contributed by atoms with van der Waals surface area (Å²) in [4.78, 5) is 9.66. The molecule has 0 aliphatic carbocycles. The molecule has 0 saturated carbocycles. The highest BCUT2D eigenvalue weighted by atomic mass is 19.4. The van der Waals surface area contributed by atoms with E-state index in [0.717, 1.165) is 6.92 Å². The van der Waals surface area contributed by atoms with Gasteiger partial charge in [0.15, 0.2) is 0 Å². The van der Waals surface area contributed by atoms with E-state index in [1.165, 1.54) is 0 Å². The van der Waals surface area contributed by atoms with Crippen LogP contribution in [0.1, 0.15) is 23.6 Å². The Kier molecular flexibility index (Phi) is 4.30. The summed E-state index contributed by atoms with van der Waals surface area (Å²) < 4.78 is 75.2. The Morgan fingerprint density at radius 3 is 1.75 bits per heavy atom. The van der Waals surface area contributed by atoms with Crippen LogP contribution in [0.4, 0.5) is 26.3 Å². The number of benzene rings is 1. The largest absolute Gasteiger partial charge is 0.416 e. The number of hydrogen-bond acceptors (Lipinski definition) is 2. The number of nitro groups is 1. The molecule has 0 bridgehead atoms. The fraction of sp³-hybridized carbons (Fsp3) is 0.455. The van der Waals surface area contributed by atoms with Crippen molar-refractivity contribution in [1.29, 1.82) is 0 Å². The monoisotopic (exact) mass is 301 g/mol. The Morgan fingerprint density at radius 1 is 1.05 bits per heavy atom. The van der Waals surface area contributed by atoms with Gasteiger partial charge in [0.1, 0.15) is 0 Å². The van der Waals surface area contributed by atoms with Gasteiger partial charge in [-0.2, -0.15) is 26.3 Å². The van der Waals surface area contributed by atoms with E-state index in [1.54, 1.807) is 0 Å². The Bertz CT molecular complexity index is 476. The van der Waals surface area contributed by atoms with Crippen molar-refractivity contribution >= 4 is 0 Å². The van der Waals surface area contributed by atoms with Gasteiger partial charge in [-0.05, 0) is 23.8 Å². The average molecular weight is 301 g/mol. The highest BCUT2D eigenvalue weighted by Gasteiger charge is 2.37. The van der Waals surface area contributed by atoms with Gasteiger partial charge in [0, 0.05) is 18.3 Å². The zero-order chi connectivity index (χ0) is 15.7. The first-order valence-electron chi connectivity index (χ1n) is 5.33. The van der Waals surface area contributed by atoms with Crippen LogP contribution < -0.4 is 0 Å². The van der Waals surface area contributed by atoms with E-state index in [1.807, 2.05) is 0 Å². The SMILES string of the molecule is CC(Cc1cc(C(F)(F)F)cc(C(F)(F)F)c1)[N+](=O)[O-]. The molecule has 3 nitrogen and oxygen atoms in total. The standard InChI is InChI=1S/C11H9F6NO2/c1-6(18(19)20)2-7-3-8(10(12,13)14)5-9(4-7)11(15,16)17/h3-6H,2H2,1H3. The van der Waals surface area contributed by atoms with Crippen molar-refractivity contribution < 1.29 is 31.3 Å². The van der Waals surface area contributed by atoms with Gasteiger partial charge >= 0.3 is 12.4 Å². The predicted octanol–water partition coefficient (Wildman–Crippen LogP) is 3.93. The summed E-state index contributed by atoms with van der Waals surface area (Å²) in [6.07, 6.45) is -10.4. The van der Waals surface area contributed by atoms with E-state index in [-0.39, 0.29) is 11.6 Å². The van der Waals surface area contributed by atoms with Crippen LogP contribution in [0.2, 0.25) is 0 Å². The fourth-order valence-electron chi connectivity index (χ4n) is 1.55. The molecule has 0 amide bonds. The summed E-state index contributed by atoms with van der Waals surface area (Å²) in [6.45, 7) is 1.10. The van der Waals surface area contributed by atoms with E-state index in [4.69, 9.17) is 0 Å². The number of rotatable bonds is 3. The second-order valence-electron chi connectivity index (χ2n) is 4.25. The van der Waals surface area contributed by atoms with Crippen molar-refractivity contribution in [3.05, 3.63) is 45.0 Å². The molecule has 0 radical (unpaired) electrons. The summed E-state index contributed by atoms with van der Waals surface area (Å²) >= 11 is 0. The van der Waals surface area contributed by atoms with Crippen molar-refractivity contribution in [2.75, 3.05) is 0 Å². The van der Waals surface area contributed by atoms with Gasteiger partial charge in [-0.1, -0.05) is 0 Å². The lowest BCUT2D eigenvalue weighted by Crippen LogP contribution is -2.19. The van der Waals surface area contributed by atoms with Crippen LogP contribution >= 0.6 is 0 Å². The smallest absolute Gasteiger partial charge is 0.264 e. The molecule has 20 heavy (non-hydrogen) atoms. The van der Waals surface area contributed by atoms with E-state index >= 15 is 0 Å². The van der Waals surface area contributed by atoms with Crippen LogP contribution in [0, 0.1) is 10.1 Å². The molecule has 1 aromatic carbocycles. The molecule has 0 aliphatic rings. The summed E-state index contributed by atoms with van der Waals surface area (Å²) in [5.41, 5.74) is -3.33. The van der Waals surface area contributed by atoms with Crippen molar-refractivity contribution in [3.8, 4) is 0 Å². The molecule has 1 unspecified atom stereocenters. The van der Waals surface area contributed by atoms with Gasteiger partial charge < -0.3 is 0 Å². The second kappa shape index (κ2) is 5.29. The highest BCUT2D eigenvalue weighted by molar-refractivity contribution is 5.34. The minimum atomic E-state index is -4.95. The van der Waals surface area contributed by atoms with Crippen LogP contribution in [0.15, 0.2) is 18.2 Å². The Hall–Kier alpha value is -1.80. The Labute approximate surface area is 109 Å². The highest BCUT2D eigenvalue weighted by Crippen LogP contribution is 2.36. The zero-order valence-corrected chi connectivity index (χ0v) is 10.0. The van der Waals surface area contributed by atoms with Gasteiger partial charge in [0.2, 0.25) is 6.04 Å². The van der Waals surface area contributed by atoms with Crippen LogP contribution in [0.25, 0.3) is 0 Å². The second-order valence-corrected chi connectivity index (χ2v) is 4.25. The van der Waals surface area contributed by atoms with Gasteiger partial charge in [-0.3, -0.25) is 10.1 Å². The number of alkyl halides is 6. The van der Waals surface area contributed by atoms with Crippen LogP contribution in [0.5, 0.6) is 0 Å². The zero-order valence-electron chi connectivity index (χ0n) is 10.0. The molecule has 0 spiro atoms. The molecule has 0 saturated heterocycles. The quantitative estimate of drug-likeness (QED) is 0.482. The summed E-state index contributed by atoms with van der Waals surface area (Å²) in [7, 11) is 0. The van der Waals surface area contributed by atoms with E-state index in [2.05, 4.69) is 0 Å². The van der Waals surface area contributed by atoms with E-state index in [9.17, 15) is 36.5 Å². The topological polar surface area (TPSA) is 43.1 Å². The summed E-state index contributed by atoms with van der Waals surface area (Å²) in [6, 6.07) is -0.301. The maximum absolute atomic E-state index is 12.5. The maximum atomic E-state index is 12.5. The Morgan fingerprint density at radius 2 is 1.45 bits per heavy atom. The third kappa shape index (κ3) is 4.10. The molecule has 0 fully saturated rings. The molecular formula is C11H9F6NO2. The number of nitrogens with zero attached hydrogens (tertiary/aromatic N) is 1. The normalized spacial score (nSPS) is 14.2. The lowest BCUT2D eigenvalue weighted by Gasteiger charge is -2.14. The minimum absolute atomic E-state index is 0.0136. The van der Waals surface area contributed by atoms with Crippen LogP contribution in [-0.4, -0.2) is 11.0 Å². The van der Waals surface area contributed by atoms with Crippen molar-refractivity contribution in [3.63, 3.8) is 0 Å². The van der Waals surface area contributed by atoms with Crippen molar-refractivity contribution in [2.24, 2.45) is 0 Å². The first-order valence-corrected chi connectivity index (χ1v) is 5.33. The lowest BCUT2D eigenvalue weighted by atomic mass is 10.0. The fourth-order valence-corrected chi connectivity index (χ4v) is 1.55. The molecular weight excluding hydrogens is 292 g/mol. The molecule has 0 heterocycles. The summed E-state index contributed by atoms with van der Waals surface area (Å²) in [5, 5.41) is 10.4. The molecule has 1 rings (SSSR count). The molecule has 1 aromatic rings. The van der Waals surface area contributed by atoms with Crippen molar-refractivity contribution in [1.82, 2.24) is 0 Å². The van der Waals surface area contributed by atoms with E-state index < -0.39 is 40.9 Å². The Balaban J connectivity index is 3.28. The maximum Gasteiger partial charge on any atom is 0.416 e. The number of halogens is 6. The summed E-state index contributed by atoms with van der Waals surface area (Å²) in [5.74, 6) is 0. The first-order chi connectivity index (χ1) is 8.91. The van der Waals surface area contributed by atoms with Gasteiger partial charge in [-0.15, -0.1) is 0 Å². The van der Waals surface area contributed by atoms with E-state index in [0.29, 0.717) is 12.1 Å².